The predicted molar refractivity (Wildman–Crippen MR) is 95.8 cm³/mol. The summed E-state index contributed by atoms with van der Waals surface area (Å²) in [6, 6.07) is 15.1. The van der Waals surface area contributed by atoms with E-state index in [9.17, 15) is 4.79 Å². The summed E-state index contributed by atoms with van der Waals surface area (Å²) in [7, 11) is 0. The van der Waals surface area contributed by atoms with Gasteiger partial charge in [-0.3, -0.25) is 10.1 Å². The second kappa shape index (κ2) is 6.22. The molecule has 1 heterocycles. The van der Waals surface area contributed by atoms with Gasteiger partial charge in [-0.25, -0.2) is 0 Å². The molecule has 2 N–H and O–H groups in total. The second-order valence-corrected chi connectivity index (χ2v) is 5.73. The lowest BCUT2D eigenvalue weighted by atomic mass is 10.1. The lowest BCUT2D eigenvalue weighted by molar-refractivity contribution is 0.0953. The SMILES string of the molecule is Cc1cccc(C)c1NC(=S)NC(=O)c1cc2ccccc2o1. The van der Waals surface area contributed by atoms with Gasteiger partial charge in [-0.1, -0.05) is 36.4 Å². The fraction of sp³-hybridized carbons (Fsp3) is 0.111. The molecular weight excluding hydrogens is 308 g/mol. The number of amides is 1. The van der Waals surface area contributed by atoms with Crippen LogP contribution < -0.4 is 10.6 Å². The Kier molecular flexibility index (Phi) is 4.12. The van der Waals surface area contributed by atoms with Crippen LogP contribution in [0.15, 0.2) is 52.9 Å². The van der Waals surface area contributed by atoms with Crippen LogP contribution in [-0.4, -0.2) is 11.0 Å². The molecule has 23 heavy (non-hydrogen) atoms. The molecule has 3 aromatic rings. The first-order valence-electron chi connectivity index (χ1n) is 7.22. The molecule has 0 unspecified atom stereocenters. The number of nitrogens with one attached hydrogen (secondary N) is 2. The first-order valence-corrected chi connectivity index (χ1v) is 7.62. The zero-order chi connectivity index (χ0) is 16.4. The van der Waals surface area contributed by atoms with Crippen LogP contribution in [0.3, 0.4) is 0 Å². The standard InChI is InChI=1S/C18H16N2O2S/c1-11-6-5-7-12(2)16(11)19-18(23)20-17(21)15-10-13-8-3-4-9-14(13)22-15/h3-10H,1-2H3,(H2,19,20,21,23). The normalized spacial score (nSPS) is 10.5. The molecule has 0 radical (unpaired) electrons. The third kappa shape index (κ3) is 3.24. The van der Waals surface area contributed by atoms with Crippen molar-refractivity contribution in [2.75, 3.05) is 5.32 Å². The minimum atomic E-state index is -0.370. The number of furan rings is 1. The number of benzene rings is 2. The van der Waals surface area contributed by atoms with Gasteiger partial charge >= 0.3 is 0 Å². The molecule has 5 heteroatoms. The van der Waals surface area contributed by atoms with Crippen molar-refractivity contribution in [2.45, 2.75) is 13.8 Å². The van der Waals surface area contributed by atoms with E-state index in [0.29, 0.717) is 5.58 Å². The highest BCUT2D eigenvalue weighted by atomic mass is 32.1. The van der Waals surface area contributed by atoms with E-state index in [4.69, 9.17) is 16.6 Å². The number of carbonyl (C=O) groups excluding carboxylic acids is 1. The lowest BCUT2D eigenvalue weighted by Gasteiger charge is -2.13. The molecule has 0 aliphatic carbocycles. The van der Waals surface area contributed by atoms with E-state index in [0.717, 1.165) is 22.2 Å². The van der Waals surface area contributed by atoms with Crippen molar-refractivity contribution in [3.63, 3.8) is 0 Å². The van der Waals surface area contributed by atoms with E-state index in [2.05, 4.69) is 10.6 Å². The van der Waals surface area contributed by atoms with Gasteiger partial charge in [-0.05, 0) is 49.3 Å². The number of thiocarbonyl (C=S) groups is 1. The van der Waals surface area contributed by atoms with Crippen LogP contribution in [0.25, 0.3) is 11.0 Å². The Balaban J connectivity index is 1.73. The molecule has 1 amide bonds. The minimum Gasteiger partial charge on any atom is -0.451 e. The maximum Gasteiger partial charge on any atom is 0.293 e. The minimum absolute atomic E-state index is 0.233. The maximum atomic E-state index is 12.3. The molecule has 0 bridgehead atoms. The van der Waals surface area contributed by atoms with Gasteiger partial charge in [0, 0.05) is 11.1 Å². The van der Waals surface area contributed by atoms with E-state index in [1.807, 2.05) is 56.3 Å². The number of carbonyl (C=O) groups is 1. The molecule has 2 aromatic carbocycles. The average molecular weight is 324 g/mol. The summed E-state index contributed by atoms with van der Waals surface area (Å²) >= 11 is 5.23. The second-order valence-electron chi connectivity index (χ2n) is 5.32. The van der Waals surface area contributed by atoms with Gasteiger partial charge in [-0.15, -0.1) is 0 Å². The van der Waals surface area contributed by atoms with Crippen molar-refractivity contribution in [1.29, 1.82) is 0 Å². The largest absolute Gasteiger partial charge is 0.451 e. The summed E-state index contributed by atoms with van der Waals surface area (Å²) in [5.74, 6) is -0.137. The smallest absolute Gasteiger partial charge is 0.293 e. The Labute approximate surface area is 139 Å². The predicted octanol–water partition coefficient (Wildman–Crippen LogP) is 4.18. The number of fused-ring (bicyclic) bond motifs is 1. The molecule has 0 atom stereocenters. The lowest BCUT2D eigenvalue weighted by Crippen LogP contribution is -2.34. The van der Waals surface area contributed by atoms with Crippen LogP contribution >= 0.6 is 12.2 Å². The molecule has 0 fully saturated rings. The summed E-state index contributed by atoms with van der Waals surface area (Å²) < 4.78 is 5.53. The maximum absolute atomic E-state index is 12.3. The Morgan fingerprint density at radius 2 is 1.74 bits per heavy atom. The zero-order valence-electron chi connectivity index (χ0n) is 12.8. The van der Waals surface area contributed by atoms with Crippen LogP contribution in [0.1, 0.15) is 21.7 Å². The number of hydrogen-bond donors (Lipinski definition) is 2. The van der Waals surface area contributed by atoms with Crippen molar-refractivity contribution in [1.82, 2.24) is 5.32 Å². The highest BCUT2D eigenvalue weighted by Gasteiger charge is 2.14. The highest BCUT2D eigenvalue weighted by molar-refractivity contribution is 7.80. The van der Waals surface area contributed by atoms with E-state index in [-0.39, 0.29) is 16.8 Å². The van der Waals surface area contributed by atoms with Gasteiger partial charge in [-0.2, -0.15) is 0 Å². The van der Waals surface area contributed by atoms with E-state index in [1.165, 1.54) is 0 Å². The number of hydrogen-bond acceptors (Lipinski definition) is 3. The van der Waals surface area contributed by atoms with Crippen LogP contribution in [0.5, 0.6) is 0 Å². The topological polar surface area (TPSA) is 54.3 Å². The van der Waals surface area contributed by atoms with Gasteiger partial charge in [0.2, 0.25) is 0 Å². The summed E-state index contributed by atoms with van der Waals surface area (Å²) in [6.07, 6.45) is 0. The third-order valence-electron chi connectivity index (χ3n) is 3.60. The fourth-order valence-corrected chi connectivity index (χ4v) is 2.61. The molecule has 1 aromatic heterocycles. The summed E-state index contributed by atoms with van der Waals surface area (Å²) in [5.41, 5.74) is 3.70. The molecule has 3 rings (SSSR count). The number of anilines is 1. The molecule has 0 aliphatic rings. The first-order chi connectivity index (χ1) is 11.0. The zero-order valence-corrected chi connectivity index (χ0v) is 13.7. The van der Waals surface area contributed by atoms with E-state index < -0.39 is 0 Å². The number of aryl methyl sites for hydroxylation is 2. The molecular formula is C18H16N2O2S. The van der Waals surface area contributed by atoms with Crippen molar-refractivity contribution in [3.8, 4) is 0 Å². The van der Waals surface area contributed by atoms with Gasteiger partial charge in [0.1, 0.15) is 5.58 Å². The molecule has 0 saturated carbocycles. The Bertz CT molecular complexity index is 846. The van der Waals surface area contributed by atoms with Gasteiger partial charge in [0.25, 0.3) is 5.91 Å². The Hall–Kier alpha value is -2.66. The highest BCUT2D eigenvalue weighted by Crippen LogP contribution is 2.20. The Morgan fingerprint density at radius 3 is 2.43 bits per heavy atom. The van der Waals surface area contributed by atoms with Crippen LogP contribution in [0.4, 0.5) is 5.69 Å². The summed E-state index contributed by atoms with van der Waals surface area (Å²) in [6.45, 7) is 3.97. The van der Waals surface area contributed by atoms with Crippen molar-refractivity contribution in [3.05, 3.63) is 65.4 Å². The monoisotopic (exact) mass is 324 g/mol. The van der Waals surface area contributed by atoms with Gasteiger partial charge in [0.05, 0.1) is 0 Å². The molecule has 0 saturated heterocycles. The van der Waals surface area contributed by atoms with Crippen molar-refractivity contribution < 1.29 is 9.21 Å². The van der Waals surface area contributed by atoms with E-state index >= 15 is 0 Å². The van der Waals surface area contributed by atoms with E-state index in [1.54, 1.807) is 6.07 Å². The van der Waals surface area contributed by atoms with Gasteiger partial charge in [0.15, 0.2) is 10.9 Å². The Morgan fingerprint density at radius 1 is 1.04 bits per heavy atom. The number of rotatable bonds is 2. The van der Waals surface area contributed by atoms with Crippen LogP contribution in [-0.2, 0) is 0 Å². The molecule has 116 valence electrons. The fourth-order valence-electron chi connectivity index (χ4n) is 2.41. The van der Waals surface area contributed by atoms with Crippen molar-refractivity contribution >= 4 is 39.9 Å². The molecule has 4 nitrogen and oxygen atoms in total. The molecule has 0 aliphatic heterocycles. The van der Waals surface area contributed by atoms with Crippen LogP contribution in [0.2, 0.25) is 0 Å². The van der Waals surface area contributed by atoms with Gasteiger partial charge < -0.3 is 9.73 Å². The number of para-hydroxylation sites is 2. The quantitative estimate of drug-likeness (QED) is 0.695. The van der Waals surface area contributed by atoms with Crippen molar-refractivity contribution in [2.24, 2.45) is 0 Å². The summed E-state index contributed by atoms with van der Waals surface area (Å²) in [4.78, 5) is 12.3. The third-order valence-corrected chi connectivity index (χ3v) is 3.80. The average Bonchev–Trinajstić information content (AvgIpc) is 2.95. The van der Waals surface area contributed by atoms with Crippen LogP contribution in [0, 0.1) is 13.8 Å². The summed E-state index contributed by atoms with van der Waals surface area (Å²) in [5, 5.41) is 6.84. The first kappa shape index (κ1) is 15.2. The molecule has 0 spiro atoms.